The van der Waals surface area contributed by atoms with E-state index in [9.17, 15) is 14.4 Å². The smallest absolute Gasteiger partial charge is 0.408 e. The molecular formula is C27H37N3O4. The first-order valence-corrected chi connectivity index (χ1v) is 11.6. The summed E-state index contributed by atoms with van der Waals surface area (Å²) >= 11 is 0. The lowest BCUT2D eigenvalue weighted by Gasteiger charge is -2.32. The van der Waals surface area contributed by atoms with E-state index < -0.39 is 35.6 Å². The summed E-state index contributed by atoms with van der Waals surface area (Å²) in [5.41, 5.74) is 0.142. The molecule has 0 saturated heterocycles. The summed E-state index contributed by atoms with van der Waals surface area (Å²) in [6, 6.07) is 7.05. The molecule has 0 radical (unpaired) electrons. The summed E-state index contributed by atoms with van der Waals surface area (Å²) in [5, 5.41) is 5.49. The van der Waals surface area contributed by atoms with E-state index in [4.69, 9.17) is 17.6 Å². The van der Waals surface area contributed by atoms with E-state index in [0.29, 0.717) is 24.1 Å². The number of ether oxygens (including phenoxy) is 1. The number of hydrogen-bond acceptors (Lipinski definition) is 4. The van der Waals surface area contributed by atoms with E-state index in [2.05, 4.69) is 22.6 Å². The molecule has 7 nitrogen and oxygen atoms in total. The fourth-order valence-electron chi connectivity index (χ4n) is 3.28. The second-order valence-electron chi connectivity index (χ2n) is 9.13. The summed E-state index contributed by atoms with van der Waals surface area (Å²) in [6.07, 6.45) is 13.0. The number of terminal acetylenes is 2. The van der Waals surface area contributed by atoms with Gasteiger partial charge in [-0.1, -0.05) is 64.2 Å². The Kier molecular flexibility index (Phi) is 11.2. The molecule has 0 bridgehead atoms. The molecule has 0 heterocycles. The molecule has 1 aromatic carbocycles. The van der Waals surface area contributed by atoms with Crippen LogP contribution in [0.25, 0.3) is 0 Å². The molecule has 1 aromatic rings. The van der Waals surface area contributed by atoms with Gasteiger partial charge in [0.05, 0.1) is 0 Å². The number of rotatable bonds is 10. The van der Waals surface area contributed by atoms with Crippen molar-refractivity contribution in [2.75, 3.05) is 6.54 Å². The molecule has 34 heavy (non-hydrogen) atoms. The second kappa shape index (κ2) is 13.3. The van der Waals surface area contributed by atoms with Crippen LogP contribution < -0.4 is 10.6 Å². The van der Waals surface area contributed by atoms with Gasteiger partial charge in [0, 0.05) is 23.7 Å². The van der Waals surface area contributed by atoms with Crippen molar-refractivity contribution < 1.29 is 19.1 Å². The third-order valence-corrected chi connectivity index (χ3v) is 5.27. The molecule has 1 rings (SSSR count). The first-order chi connectivity index (χ1) is 16.0. The number of amides is 3. The van der Waals surface area contributed by atoms with Crippen molar-refractivity contribution in [3.05, 3.63) is 35.4 Å². The van der Waals surface area contributed by atoms with E-state index in [-0.39, 0.29) is 5.92 Å². The van der Waals surface area contributed by atoms with Gasteiger partial charge in [-0.25, -0.2) is 4.79 Å². The molecule has 0 aliphatic heterocycles. The zero-order valence-corrected chi connectivity index (χ0v) is 21.1. The zero-order chi connectivity index (χ0) is 25.9. The predicted molar refractivity (Wildman–Crippen MR) is 133 cm³/mol. The predicted octanol–water partition coefficient (Wildman–Crippen LogP) is 3.98. The van der Waals surface area contributed by atoms with Crippen LogP contribution >= 0.6 is 0 Å². The fraction of sp³-hybridized carbons (Fsp3) is 0.519. The van der Waals surface area contributed by atoms with Gasteiger partial charge in [0.1, 0.15) is 17.7 Å². The molecule has 0 aliphatic rings. The minimum atomic E-state index is -1.16. The van der Waals surface area contributed by atoms with Crippen LogP contribution in [0.5, 0.6) is 0 Å². The van der Waals surface area contributed by atoms with Gasteiger partial charge in [0.2, 0.25) is 5.91 Å². The van der Waals surface area contributed by atoms with Crippen molar-refractivity contribution in [3.63, 3.8) is 0 Å². The number of carbonyl (C=O) groups is 3. The van der Waals surface area contributed by atoms with Crippen LogP contribution in [0.1, 0.15) is 78.0 Å². The summed E-state index contributed by atoms with van der Waals surface area (Å²) in [4.78, 5) is 40.5. The minimum absolute atomic E-state index is 0.275. The molecule has 0 aromatic heterocycles. The molecule has 3 atom stereocenters. The van der Waals surface area contributed by atoms with E-state index in [0.717, 1.165) is 17.7 Å². The zero-order valence-electron chi connectivity index (χ0n) is 21.1. The molecule has 7 heteroatoms. The van der Waals surface area contributed by atoms with Crippen LogP contribution in [0.2, 0.25) is 0 Å². The number of hydrogen-bond donors (Lipinski definition) is 2. The minimum Gasteiger partial charge on any atom is -0.444 e. The van der Waals surface area contributed by atoms with Crippen molar-refractivity contribution in [3.8, 4) is 24.8 Å². The molecule has 3 unspecified atom stereocenters. The van der Waals surface area contributed by atoms with E-state index in [1.54, 1.807) is 45.0 Å². The average molecular weight is 468 g/mol. The summed E-state index contributed by atoms with van der Waals surface area (Å²) in [6.45, 7) is 11.3. The summed E-state index contributed by atoms with van der Waals surface area (Å²) in [7, 11) is 0. The highest BCUT2D eigenvalue weighted by atomic mass is 16.6. The van der Waals surface area contributed by atoms with Crippen LogP contribution in [0.15, 0.2) is 24.3 Å². The Morgan fingerprint density at radius 3 is 2.32 bits per heavy atom. The van der Waals surface area contributed by atoms with Crippen molar-refractivity contribution in [2.24, 2.45) is 5.92 Å². The van der Waals surface area contributed by atoms with Crippen LogP contribution in [0.4, 0.5) is 4.79 Å². The monoisotopic (exact) mass is 467 g/mol. The highest BCUT2D eigenvalue weighted by Gasteiger charge is 2.38. The Balaban J connectivity index is 3.44. The van der Waals surface area contributed by atoms with Crippen molar-refractivity contribution in [1.29, 1.82) is 0 Å². The van der Waals surface area contributed by atoms with Gasteiger partial charge in [-0.15, -0.1) is 6.42 Å². The van der Waals surface area contributed by atoms with Gasteiger partial charge in [-0.3, -0.25) is 14.5 Å². The fourth-order valence-corrected chi connectivity index (χ4v) is 3.28. The average Bonchev–Trinajstić information content (AvgIpc) is 2.78. The van der Waals surface area contributed by atoms with E-state index in [1.165, 1.54) is 0 Å². The maximum absolute atomic E-state index is 13.7. The number of nitrogens with one attached hydrogen (secondary N) is 2. The molecule has 2 N–H and O–H groups in total. The lowest BCUT2D eigenvalue weighted by molar-refractivity contribution is -0.139. The van der Waals surface area contributed by atoms with Gasteiger partial charge in [0.25, 0.3) is 5.91 Å². The highest BCUT2D eigenvalue weighted by Crippen LogP contribution is 2.26. The topological polar surface area (TPSA) is 87.7 Å². The number of carbonyl (C=O) groups excluding carboxylic acids is 3. The first kappa shape index (κ1) is 28.6. The van der Waals surface area contributed by atoms with Crippen molar-refractivity contribution in [1.82, 2.24) is 15.5 Å². The molecule has 0 spiro atoms. The Morgan fingerprint density at radius 2 is 1.79 bits per heavy atom. The quantitative estimate of drug-likeness (QED) is 0.309. The highest BCUT2D eigenvalue weighted by molar-refractivity contribution is 5.93. The van der Waals surface area contributed by atoms with Gasteiger partial charge in [-0.05, 0) is 39.2 Å². The number of alkyl carbamates (subject to hydrolysis) is 1. The molecule has 0 saturated carbocycles. The third kappa shape index (κ3) is 8.15. The van der Waals surface area contributed by atoms with Gasteiger partial charge in [-0.2, -0.15) is 0 Å². The number of benzene rings is 1. The third-order valence-electron chi connectivity index (χ3n) is 5.27. The normalized spacial score (nSPS) is 13.4. The Morgan fingerprint density at radius 1 is 1.15 bits per heavy atom. The number of nitrogens with zero attached hydrogens (tertiary/aromatic N) is 1. The van der Waals surface area contributed by atoms with Crippen molar-refractivity contribution in [2.45, 2.75) is 78.5 Å². The molecule has 3 amide bonds. The Hall–Kier alpha value is -3.45. The lowest BCUT2D eigenvalue weighted by Crippen LogP contribution is -2.54. The van der Waals surface area contributed by atoms with Crippen molar-refractivity contribution >= 4 is 17.9 Å². The maximum atomic E-state index is 13.7. The van der Waals surface area contributed by atoms with Crippen LogP contribution in [-0.2, 0) is 14.3 Å². The molecule has 0 aliphatic carbocycles. The van der Waals surface area contributed by atoms with Crippen LogP contribution in [-0.4, -0.2) is 41.0 Å². The summed E-state index contributed by atoms with van der Waals surface area (Å²) in [5.74, 6) is 1.25. The van der Waals surface area contributed by atoms with Crippen LogP contribution in [0.3, 0.4) is 0 Å². The van der Waals surface area contributed by atoms with E-state index in [1.807, 2.05) is 20.8 Å². The van der Waals surface area contributed by atoms with Gasteiger partial charge in [0.15, 0.2) is 0 Å². The SMILES string of the molecule is C#Cc1ccccc1C(C(=O)NCCCC)N(C#C)C(=O)C(NC(=O)OC(C)(C)C)C(C)CC. The molecule has 184 valence electrons. The lowest BCUT2D eigenvalue weighted by atomic mass is 9.94. The largest absolute Gasteiger partial charge is 0.444 e. The van der Waals surface area contributed by atoms with Gasteiger partial charge >= 0.3 is 6.09 Å². The maximum Gasteiger partial charge on any atom is 0.408 e. The van der Waals surface area contributed by atoms with Crippen LogP contribution in [0, 0.1) is 30.7 Å². The standard InChI is InChI=1S/C27H37N3O4/c1-9-13-18-28-24(31)23(21-17-15-14-16-20(21)11-3)30(12-4)25(32)22(19(5)10-2)29-26(33)34-27(6,7)8/h3-4,14-17,19,22-23H,9-10,13,18H2,1-2,5-8H3,(H,28,31)(H,29,33). The molecule has 0 fully saturated rings. The Labute approximate surface area is 204 Å². The second-order valence-corrected chi connectivity index (χ2v) is 9.13. The summed E-state index contributed by atoms with van der Waals surface area (Å²) < 4.78 is 5.34. The number of unbranched alkanes of at least 4 members (excludes halogenated alkanes) is 1. The van der Waals surface area contributed by atoms with Gasteiger partial charge < -0.3 is 15.4 Å². The first-order valence-electron chi connectivity index (χ1n) is 11.6. The molecular weight excluding hydrogens is 430 g/mol. The van der Waals surface area contributed by atoms with E-state index >= 15 is 0 Å². The Bertz CT molecular complexity index is 936.